The van der Waals surface area contributed by atoms with Gasteiger partial charge in [0.15, 0.2) is 5.60 Å². The van der Waals surface area contributed by atoms with Crippen molar-refractivity contribution in [2.24, 2.45) is 0 Å². The van der Waals surface area contributed by atoms with Gasteiger partial charge in [-0.1, -0.05) is 18.2 Å². The molecule has 0 saturated carbocycles. The fourth-order valence-electron chi connectivity index (χ4n) is 4.42. The van der Waals surface area contributed by atoms with Gasteiger partial charge in [0.05, 0.1) is 19.7 Å². The van der Waals surface area contributed by atoms with Crippen molar-refractivity contribution in [3.05, 3.63) is 53.7 Å². The first-order chi connectivity index (χ1) is 16.5. The average molecular weight is 467 g/mol. The van der Waals surface area contributed by atoms with Crippen molar-refractivity contribution in [2.75, 3.05) is 38.2 Å². The highest BCUT2D eigenvalue weighted by Crippen LogP contribution is 2.28. The Bertz CT molecular complexity index is 1060. The minimum atomic E-state index is -1.11. The van der Waals surface area contributed by atoms with Crippen molar-refractivity contribution in [1.82, 2.24) is 15.2 Å². The smallest absolute Gasteiger partial charge is 0.254 e. The molecule has 0 aliphatic carbocycles. The summed E-state index contributed by atoms with van der Waals surface area (Å²) in [5.41, 5.74) is 0.437. The Morgan fingerprint density at radius 1 is 1.18 bits per heavy atom. The van der Waals surface area contributed by atoms with Crippen LogP contribution in [-0.2, 0) is 20.7 Å². The number of fused-ring (bicyclic) bond motifs is 1. The number of hydrogen-bond donors (Lipinski definition) is 2. The van der Waals surface area contributed by atoms with E-state index in [1.165, 1.54) is 13.1 Å². The first-order valence-corrected chi connectivity index (χ1v) is 11.6. The lowest BCUT2D eigenvalue weighted by molar-refractivity contribution is -0.159. The summed E-state index contributed by atoms with van der Waals surface area (Å²) in [6, 6.07) is 11.1. The molecular formula is C25H30N4O5. The van der Waals surface area contributed by atoms with Crippen molar-refractivity contribution in [2.45, 2.75) is 38.2 Å². The Balaban J connectivity index is 1.49. The number of pyridine rings is 1. The van der Waals surface area contributed by atoms with E-state index in [0.29, 0.717) is 37.5 Å². The number of rotatable bonds is 2. The van der Waals surface area contributed by atoms with Crippen molar-refractivity contribution >= 4 is 23.5 Å². The molecule has 1 fully saturated rings. The Morgan fingerprint density at radius 2 is 2.03 bits per heavy atom. The van der Waals surface area contributed by atoms with Gasteiger partial charge in [-0.05, 0) is 49.4 Å². The maximum Gasteiger partial charge on any atom is 0.254 e. The van der Waals surface area contributed by atoms with Gasteiger partial charge >= 0.3 is 0 Å². The number of carbonyl (C=O) groups excluding carboxylic acids is 3. The summed E-state index contributed by atoms with van der Waals surface area (Å²) in [5.74, 6) is 0.446. The van der Waals surface area contributed by atoms with Gasteiger partial charge in [-0.2, -0.15) is 0 Å². The predicted octanol–water partition coefficient (Wildman–Crippen LogP) is 2.17. The molecule has 1 unspecified atom stereocenters. The van der Waals surface area contributed by atoms with Gasteiger partial charge in [0, 0.05) is 25.2 Å². The zero-order valence-corrected chi connectivity index (χ0v) is 19.3. The standard InChI is InChI=1S/C25H30N4O5/c1-18(30)28-22-16-20(9-11-26-22)23(31)29-13-15-34-25(17-29)10-5-4-7-19-6-2-3-8-21(19)33-14-12-27-24(25)32/h2-3,6,8-9,11,16H,4-5,7,10,12-15,17H2,1H3,(H,27,32)(H,26,28,30). The molecule has 4 rings (SSSR count). The molecule has 1 saturated heterocycles. The van der Waals surface area contributed by atoms with E-state index in [0.717, 1.165) is 30.6 Å². The summed E-state index contributed by atoms with van der Waals surface area (Å²) in [6.07, 6.45) is 4.48. The van der Waals surface area contributed by atoms with E-state index >= 15 is 0 Å². The fraction of sp³-hybridized carbons (Fsp3) is 0.440. The largest absolute Gasteiger partial charge is 0.491 e. The molecule has 3 heterocycles. The third-order valence-corrected chi connectivity index (χ3v) is 6.09. The van der Waals surface area contributed by atoms with Crippen LogP contribution in [0.1, 0.15) is 42.1 Å². The van der Waals surface area contributed by atoms with Crippen LogP contribution in [0.25, 0.3) is 0 Å². The van der Waals surface area contributed by atoms with Crippen molar-refractivity contribution in [3.63, 3.8) is 0 Å². The molecule has 2 aliphatic heterocycles. The third-order valence-electron chi connectivity index (χ3n) is 6.09. The van der Waals surface area contributed by atoms with E-state index in [9.17, 15) is 14.4 Å². The van der Waals surface area contributed by atoms with Gasteiger partial charge in [-0.15, -0.1) is 0 Å². The van der Waals surface area contributed by atoms with Crippen LogP contribution in [0.15, 0.2) is 42.6 Å². The highest BCUT2D eigenvalue weighted by molar-refractivity contribution is 5.97. The van der Waals surface area contributed by atoms with Crippen LogP contribution in [0.5, 0.6) is 5.75 Å². The Kier molecular flexibility index (Phi) is 7.42. The van der Waals surface area contributed by atoms with Gasteiger partial charge in [-0.3, -0.25) is 14.4 Å². The van der Waals surface area contributed by atoms with Gasteiger partial charge < -0.3 is 25.0 Å². The van der Waals surface area contributed by atoms with Crippen LogP contribution in [0.3, 0.4) is 0 Å². The molecule has 1 spiro atoms. The third kappa shape index (κ3) is 5.53. The first-order valence-electron chi connectivity index (χ1n) is 11.6. The molecule has 0 bridgehead atoms. The zero-order chi connectivity index (χ0) is 24.0. The summed E-state index contributed by atoms with van der Waals surface area (Å²) in [6.45, 7) is 2.88. The molecule has 9 heteroatoms. The number of carbonyl (C=O) groups is 3. The number of para-hydroxylation sites is 1. The van der Waals surface area contributed by atoms with Crippen LogP contribution in [0, 0.1) is 0 Å². The normalized spacial score (nSPS) is 21.3. The molecule has 2 aliphatic rings. The van der Waals surface area contributed by atoms with E-state index in [1.807, 2.05) is 18.2 Å². The second kappa shape index (κ2) is 10.6. The van der Waals surface area contributed by atoms with Crippen molar-refractivity contribution < 1.29 is 23.9 Å². The number of amides is 3. The molecular weight excluding hydrogens is 436 g/mol. The van der Waals surface area contributed by atoms with Gasteiger partial charge in [0.1, 0.15) is 18.2 Å². The van der Waals surface area contributed by atoms with E-state index in [2.05, 4.69) is 21.7 Å². The van der Waals surface area contributed by atoms with Crippen LogP contribution in [0.2, 0.25) is 0 Å². The summed E-state index contributed by atoms with van der Waals surface area (Å²) in [5, 5.41) is 5.53. The molecule has 34 heavy (non-hydrogen) atoms. The number of anilines is 1. The lowest BCUT2D eigenvalue weighted by Crippen LogP contribution is -2.61. The number of nitrogens with zero attached hydrogens (tertiary/aromatic N) is 2. The minimum absolute atomic E-state index is 0.160. The molecule has 9 nitrogen and oxygen atoms in total. The SMILES string of the molecule is CC(=O)Nc1cc(C(=O)N2CCOC3(CCCCc4ccccc4OCCNC3=O)C2)ccn1. The molecule has 3 amide bonds. The highest BCUT2D eigenvalue weighted by atomic mass is 16.5. The zero-order valence-electron chi connectivity index (χ0n) is 19.3. The number of aryl methyl sites for hydroxylation is 1. The highest BCUT2D eigenvalue weighted by Gasteiger charge is 2.44. The number of aromatic nitrogens is 1. The van der Waals surface area contributed by atoms with E-state index < -0.39 is 5.60 Å². The monoisotopic (exact) mass is 466 g/mol. The van der Waals surface area contributed by atoms with E-state index in [-0.39, 0.29) is 30.9 Å². The van der Waals surface area contributed by atoms with Crippen LogP contribution < -0.4 is 15.4 Å². The summed E-state index contributed by atoms with van der Waals surface area (Å²) < 4.78 is 12.0. The summed E-state index contributed by atoms with van der Waals surface area (Å²) in [7, 11) is 0. The van der Waals surface area contributed by atoms with E-state index in [4.69, 9.17) is 9.47 Å². The number of benzene rings is 1. The molecule has 0 radical (unpaired) electrons. The maximum absolute atomic E-state index is 13.3. The van der Waals surface area contributed by atoms with Crippen molar-refractivity contribution in [3.8, 4) is 5.75 Å². The Hall–Kier alpha value is -3.46. The first kappa shape index (κ1) is 23.7. The quantitative estimate of drug-likeness (QED) is 0.702. The Morgan fingerprint density at radius 3 is 2.88 bits per heavy atom. The number of hydrogen-bond acceptors (Lipinski definition) is 6. The van der Waals surface area contributed by atoms with Crippen LogP contribution in [-0.4, -0.2) is 66.1 Å². The lowest BCUT2D eigenvalue weighted by atomic mass is 9.91. The van der Waals surface area contributed by atoms with Gasteiger partial charge in [0.25, 0.3) is 11.8 Å². The molecule has 2 aromatic rings. The molecule has 1 aromatic heterocycles. The van der Waals surface area contributed by atoms with Gasteiger partial charge in [0.2, 0.25) is 5.91 Å². The molecule has 1 aromatic carbocycles. The topological polar surface area (TPSA) is 110 Å². The second-order valence-corrected chi connectivity index (χ2v) is 8.60. The molecule has 1 atom stereocenters. The Labute approximate surface area is 198 Å². The second-order valence-electron chi connectivity index (χ2n) is 8.60. The minimum Gasteiger partial charge on any atom is -0.491 e. The van der Waals surface area contributed by atoms with E-state index in [1.54, 1.807) is 17.0 Å². The fourth-order valence-corrected chi connectivity index (χ4v) is 4.42. The number of nitrogens with one attached hydrogen (secondary N) is 2. The lowest BCUT2D eigenvalue weighted by Gasteiger charge is -2.42. The van der Waals surface area contributed by atoms with Crippen LogP contribution in [0.4, 0.5) is 5.82 Å². The average Bonchev–Trinajstić information content (AvgIpc) is 2.84. The molecule has 180 valence electrons. The summed E-state index contributed by atoms with van der Waals surface area (Å²) in [4.78, 5) is 43.6. The predicted molar refractivity (Wildman–Crippen MR) is 126 cm³/mol. The van der Waals surface area contributed by atoms with Crippen LogP contribution >= 0.6 is 0 Å². The van der Waals surface area contributed by atoms with Crippen molar-refractivity contribution in [1.29, 1.82) is 0 Å². The number of ether oxygens (including phenoxy) is 2. The number of morpholine rings is 1. The summed E-state index contributed by atoms with van der Waals surface area (Å²) >= 11 is 0. The maximum atomic E-state index is 13.3. The molecule has 2 N–H and O–H groups in total. The van der Waals surface area contributed by atoms with Gasteiger partial charge in [-0.25, -0.2) is 4.98 Å².